The van der Waals surface area contributed by atoms with Crippen molar-refractivity contribution in [2.45, 2.75) is 52.5 Å². The van der Waals surface area contributed by atoms with E-state index in [1.165, 1.54) is 22.3 Å². The summed E-state index contributed by atoms with van der Waals surface area (Å²) in [5.41, 5.74) is 5.75. The molecule has 102 valence electrons. The zero-order valence-electron chi connectivity index (χ0n) is 12.5. The van der Waals surface area contributed by atoms with E-state index in [4.69, 9.17) is 11.6 Å². The smallest absolute Gasteiger partial charge is 0.0334 e. The maximum absolute atomic E-state index is 5.89. The average Bonchev–Trinajstić information content (AvgIpc) is 2.25. The van der Waals surface area contributed by atoms with Gasteiger partial charge in [0.1, 0.15) is 0 Å². The van der Waals surface area contributed by atoms with Crippen LogP contribution in [0.2, 0.25) is 0 Å². The first-order chi connectivity index (χ1) is 8.31. The summed E-state index contributed by atoms with van der Waals surface area (Å²) in [6.07, 6.45) is 0.967. The van der Waals surface area contributed by atoms with Gasteiger partial charge in [0.2, 0.25) is 0 Å². The first-order valence-electron chi connectivity index (χ1n) is 6.66. The summed E-state index contributed by atoms with van der Waals surface area (Å²) in [5.74, 6) is 0.686. The summed E-state index contributed by atoms with van der Waals surface area (Å²) in [4.78, 5) is 0. The molecule has 0 fully saturated rings. The molecule has 0 saturated heterocycles. The fourth-order valence-electron chi connectivity index (χ4n) is 2.50. The Morgan fingerprint density at radius 3 is 2.00 bits per heavy atom. The molecular weight excluding hydrogens is 242 g/mol. The largest absolute Gasteiger partial charge is 0.313 e. The van der Waals surface area contributed by atoms with Crippen molar-refractivity contribution in [3.8, 4) is 0 Å². The van der Waals surface area contributed by atoms with Crippen molar-refractivity contribution in [3.63, 3.8) is 0 Å². The molecule has 1 nitrogen and oxygen atoms in total. The third-order valence-corrected chi connectivity index (χ3v) is 3.77. The average molecular weight is 268 g/mol. The first kappa shape index (κ1) is 15.5. The monoisotopic (exact) mass is 267 g/mol. The highest BCUT2D eigenvalue weighted by Crippen LogP contribution is 2.30. The van der Waals surface area contributed by atoms with Gasteiger partial charge in [0.25, 0.3) is 0 Å². The standard InChI is InChI=1S/C16H26ClN/c1-11-9-13(16(3,4)5)10-12(2)15(11)14(18-6)7-8-17/h9-10,14,18H,7-8H2,1-6H3. The lowest BCUT2D eigenvalue weighted by Gasteiger charge is -2.25. The molecule has 2 heteroatoms. The maximum atomic E-state index is 5.89. The van der Waals surface area contributed by atoms with Gasteiger partial charge in [0.05, 0.1) is 0 Å². The number of hydrogen-bond donors (Lipinski definition) is 1. The number of rotatable bonds is 4. The highest BCUT2D eigenvalue weighted by atomic mass is 35.5. The zero-order chi connectivity index (χ0) is 13.9. The van der Waals surface area contributed by atoms with E-state index in [-0.39, 0.29) is 5.41 Å². The van der Waals surface area contributed by atoms with Crippen LogP contribution in [0.1, 0.15) is 55.5 Å². The molecule has 0 bridgehead atoms. The molecule has 1 atom stereocenters. The van der Waals surface area contributed by atoms with E-state index >= 15 is 0 Å². The minimum Gasteiger partial charge on any atom is -0.313 e. The predicted octanol–water partition coefficient (Wildman–Crippen LogP) is 4.49. The maximum Gasteiger partial charge on any atom is 0.0334 e. The van der Waals surface area contributed by atoms with Crippen LogP contribution in [0.3, 0.4) is 0 Å². The second kappa shape index (κ2) is 6.08. The SMILES string of the molecule is CNC(CCCl)c1c(C)cc(C(C)(C)C)cc1C. The van der Waals surface area contributed by atoms with Crippen LogP contribution < -0.4 is 5.32 Å². The molecule has 0 radical (unpaired) electrons. The van der Waals surface area contributed by atoms with Crippen LogP contribution in [0.15, 0.2) is 12.1 Å². The number of nitrogens with one attached hydrogen (secondary N) is 1. The van der Waals surface area contributed by atoms with Crippen LogP contribution in [-0.2, 0) is 5.41 Å². The second-order valence-electron chi connectivity index (χ2n) is 6.09. The Hall–Kier alpha value is -0.530. The minimum atomic E-state index is 0.204. The van der Waals surface area contributed by atoms with Crippen molar-refractivity contribution < 1.29 is 0 Å². The Balaban J connectivity index is 3.23. The van der Waals surface area contributed by atoms with E-state index < -0.39 is 0 Å². The van der Waals surface area contributed by atoms with Crippen molar-refractivity contribution in [1.29, 1.82) is 0 Å². The summed E-state index contributed by atoms with van der Waals surface area (Å²) in [5, 5.41) is 3.37. The van der Waals surface area contributed by atoms with Crippen LogP contribution in [0, 0.1) is 13.8 Å². The van der Waals surface area contributed by atoms with Crippen LogP contribution >= 0.6 is 11.6 Å². The molecule has 0 aromatic heterocycles. The molecule has 1 N–H and O–H groups in total. The van der Waals surface area contributed by atoms with Gasteiger partial charge in [-0.05, 0) is 55.0 Å². The van der Waals surface area contributed by atoms with Gasteiger partial charge in [-0.15, -0.1) is 11.6 Å². The lowest BCUT2D eigenvalue weighted by atomic mass is 9.82. The van der Waals surface area contributed by atoms with Crippen molar-refractivity contribution in [2.75, 3.05) is 12.9 Å². The van der Waals surface area contributed by atoms with E-state index in [0.717, 1.165) is 6.42 Å². The lowest BCUT2D eigenvalue weighted by Crippen LogP contribution is -2.20. The van der Waals surface area contributed by atoms with Gasteiger partial charge in [-0.1, -0.05) is 32.9 Å². The van der Waals surface area contributed by atoms with Crippen LogP contribution in [0.5, 0.6) is 0 Å². The Kier molecular flexibility index (Phi) is 5.24. The van der Waals surface area contributed by atoms with Crippen LogP contribution in [0.4, 0.5) is 0 Å². The molecule has 1 rings (SSSR count). The van der Waals surface area contributed by atoms with Gasteiger partial charge in [-0.2, -0.15) is 0 Å². The van der Waals surface area contributed by atoms with Crippen LogP contribution in [0.25, 0.3) is 0 Å². The van der Waals surface area contributed by atoms with E-state index in [1.807, 2.05) is 7.05 Å². The lowest BCUT2D eigenvalue weighted by molar-refractivity contribution is 0.566. The second-order valence-corrected chi connectivity index (χ2v) is 6.47. The van der Waals surface area contributed by atoms with Gasteiger partial charge in [0, 0.05) is 11.9 Å². The van der Waals surface area contributed by atoms with E-state index in [9.17, 15) is 0 Å². The predicted molar refractivity (Wildman–Crippen MR) is 81.8 cm³/mol. The molecule has 0 aliphatic heterocycles. The molecule has 0 heterocycles. The molecule has 18 heavy (non-hydrogen) atoms. The molecule has 0 saturated carbocycles. The molecular formula is C16H26ClN. The Morgan fingerprint density at radius 1 is 1.17 bits per heavy atom. The number of benzene rings is 1. The van der Waals surface area contributed by atoms with E-state index in [1.54, 1.807) is 0 Å². The van der Waals surface area contributed by atoms with Crippen molar-refractivity contribution in [3.05, 3.63) is 34.4 Å². The highest BCUT2D eigenvalue weighted by Gasteiger charge is 2.19. The Bertz CT molecular complexity index is 381. The van der Waals surface area contributed by atoms with E-state index in [2.05, 4.69) is 52.1 Å². The van der Waals surface area contributed by atoms with Crippen molar-refractivity contribution >= 4 is 11.6 Å². The fraction of sp³-hybridized carbons (Fsp3) is 0.625. The van der Waals surface area contributed by atoms with Gasteiger partial charge in [-0.3, -0.25) is 0 Å². The zero-order valence-corrected chi connectivity index (χ0v) is 13.3. The normalized spacial score (nSPS) is 13.7. The molecule has 0 aliphatic carbocycles. The minimum absolute atomic E-state index is 0.204. The van der Waals surface area contributed by atoms with Crippen molar-refractivity contribution in [2.24, 2.45) is 0 Å². The number of aryl methyl sites for hydroxylation is 2. The third kappa shape index (κ3) is 3.49. The Labute approximate surface area is 117 Å². The molecule has 1 aromatic carbocycles. The topological polar surface area (TPSA) is 12.0 Å². The number of alkyl halides is 1. The first-order valence-corrected chi connectivity index (χ1v) is 7.19. The molecule has 1 unspecified atom stereocenters. The molecule has 0 amide bonds. The molecule has 0 spiro atoms. The molecule has 0 aliphatic rings. The van der Waals surface area contributed by atoms with Crippen LogP contribution in [-0.4, -0.2) is 12.9 Å². The fourth-order valence-corrected chi connectivity index (χ4v) is 2.72. The highest BCUT2D eigenvalue weighted by molar-refractivity contribution is 6.17. The van der Waals surface area contributed by atoms with Gasteiger partial charge < -0.3 is 5.32 Å². The quantitative estimate of drug-likeness (QED) is 0.793. The third-order valence-electron chi connectivity index (χ3n) is 3.55. The summed E-state index contributed by atoms with van der Waals surface area (Å²) >= 11 is 5.89. The number of halogens is 1. The number of hydrogen-bond acceptors (Lipinski definition) is 1. The van der Waals surface area contributed by atoms with E-state index in [0.29, 0.717) is 11.9 Å². The summed E-state index contributed by atoms with van der Waals surface area (Å²) in [6, 6.07) is 5.00. The van der Waals surface area contributed by atoms with Gasteiger partial charge >= 0.3 is 0 Å². The Morgan fingerprint density at radius 2 is 1.67 bits per heavy atom. The summed E-state index contributed by atoms with van der Waals surface area (Å²) < 4.78 is 0. The van der Waals surface area contributed by atoms with Crippen molar-refractivity contribution in [1.82, 2.24) is 5.32 Å². The summed E-state index contributed by atoms with van der Waals surface area (Å²) in [6.45, 7) is 11.2. The molecule has 1 aromatic rings. The van der Waals surface area contributed by atoms with Gasteiger partial charge in [-0.25, -0.2) is 0 Å². The summed E-state index contributed by atoms with van der Waals surface area (Å²) in [7, 11) is 2.01. The van der Waals surface area contributed by atoms with Gasteiger partial charge in [0.15, 0.2) is 0 Å².